The molecule has 4 N–H and O–H groups in total. The summed E-state index contributed by atoms with van der Waals surface area (Å²) in [5.74, 6) is -0.139. The Morgan fingerprint density at radius 3 is 2.86 bits per heavy atom. The van der Waals surface area contributed by atoms with Gasteiger partial charge in [0, 0.05) is 0 Å². The van der Waals surface area contributed by atoms with Crippen LogP contribution >= 0.6 is 0 Å². The molecule has 0 spiro atoms. The first kappa shape index (κ1) is 19.7. The first-order chi connectivity index (χ1) is 14.0. The molecule has 1 aliphatic rings. The zero-order valence-corrected chi connectivity index (χ0v) is 17.1. The monoisotopic (exact) mass is 466 g/mol. The SMILES string of the molecule is CNC(=O)[C@@H]1[Se][C@@H](n2cnc3c(NCc4cccc(F)c4)ncnc32)[C@H](O)[C@@H]1O. The fraction of sp³-hybridized carbons (Fsp3) is 0.333. The first-order valence-electron chi connectivity index (χ1n) is 8.88. The van der Waals surface area contributed by atoms with E-state index >= 15 is 0 Å². The zero-order valence-electron chi connectivity index (χ0n) is 15.4. The van der Waals surface area contributed by atoms with E-state index < -0.39 is 36.9 Å². The van der Waals surface area contributed by atoms with Crippen molar-refractivity contribution in [3.63, 3.8) is 0 Å². The molecule has 1 aliphatic heterocycles. The molecule has 1 amide bonds. The van der Waals surface area contributed by atoms with Crippen LogP contribution in [0.3, 0.4) is 0 Å². The van der Waals surface area contributed by atoms with Gasteiger partial charge in [-0.2, -0.15) is 0 Å². The molecule has 4 rings (SSSR count). The third-order valence-corrected chi connectivity index (χ3v) is 8.02. The molecule has 1 aromatic carbocycles. The van der Waals surface area contributed by atoms with Crippen molar-refractivity contribution in [1.29, 1.82) is 0 Å². The number of hydrogen-bond donors (Lipinski definition) is 4. The summed E-state index contributed by atoms with van der Waals surface area (Å²) < 4.78 is 15.0. The molecule has 152 valence electrons. The number of fused-ring (bicyclic) bond motifs is 1. The number of aliphatic hydroxyl groups is 2. The Morgan fingerprint density at radius 1 is 1.28 bits per heavy atom. The van der Waals surface area contributed by atoms with Crippen LogP contribution < -0.4 is 10.6 Å². The number of amides is 1. The summed E-state index contributed by atoms with van der Waals surface area (Å²) in [6, 6.07) is 6.24. The van der Waals surface area contributed by atoms with Gasteiger partial charge in [0.15, 0.2) is 0 Å². The number of nitrogens with zero attached hydrogens (tertiary/aromatic N) is 4. The van der Waals surface area contributed by atoms with Crippen molar-refractivity contribution in [1.82, 2.24) is 24.8 Å². The van der Waals surface area contributed by atoms with Crippen molar-refractivity contribution in [2.75, 3.05) is 12.4 Å². The van der Waals surface area contributed by atoms with E-state index in [1.165, 1.54) is 31.8 Å². The van der Waals surface area contributed by atoms with Gasteiger partial charge in [-0.15, -0.1) is 0 Å². The van der Waals surface area contributed by atoms with Crippen molar-refractivity contribution in [3.8, 4) is 0 Å². The Bertz CT molecular complexity index is 1050. The van der Waals surface area contributed by atoms with Crippen LogP contribution in [-0.2, 0) is 11.3 Å². The Kier molecular flexibility index (Phi) is 5.46. The molecule has 1 fully saturated rings. The molecule has 4 atom stereocenters. The predicted molar refractivity (Wildman–Crippen MR) is 104 cm³/mol. The van der Waals surface area contributed by atoms with Crippen LogP contribution in [0.1, 0.15) is 10.5 Å². The minimum atomic E-state index is -1.15. The van der Waals surface area contributed by atoms with Crippen LogP contribution in [0.2, 0.25) is 4.82 Å². The number of aliphatic hydroxyl groups excluding tert-OH is 2. The second kappa shape index (κ2) is 8.03. The van der Waals surface area contributed by atoms with E-state index in [9.17, 15) is 19.4 Å². The third-order valence-electron chi connectivity index (χ3n) is 4.73. The average molecular weight is 465 g/mol. The van der Waals surface area contributed by atoms with Crippen LogP contribution in [0.25, 0.3) is 11.2 Å². The number of imidazole rings is 1. The number of nitrogens with one attached hydrogen (secondary N) is 2. The summed E-state index contributed by atoms with van der Waals surface area (Å²) in [6.07, 6.45) is 0.648. The van der Waals surface area contributed by atoms with E-state index in [1.54, 1.807) is 16.7 Å². The van der Waals surface area contributed by atoms with Gasteiger partial charge in [-0.05, 0) is 0 Å². The molecule has 1 saturated heterocycles. The van der Waals surface area contributed by atoms with E-state index in [0.717, 1.165) is 5.56 Å². The molecule has 2 aromatic heterocycles. The fourth-order valence-corrected chi connectivity index (χ4v) is 6.34. The zero-order chi connectivity index (χ0) is 20.5. The number of hydrogen-bond acceptors (Lipinski definition) is 7. The molecular weight excluding hydrogens is 446 g/mol. The van der Waals surface area contributed by atoms with Crippen LogP contribution in [0.15, 0.2) is 36.9 Å². The number of carbonyl (C=O) groups excluding carboxylic acids is 1. The summed E-state index contributed by atoms with van der Waals surface area (Å²) in [5, 5.41) is 26.4. The molecule has 0 aliphatic carbocycles. The number of carbonyl (C=O) groups is 1. The summed E-state index contributed by atoms with van der Waals surface area (Å²) in [5.41, 5.74) is 1.73. The van der Waals surface area contributed by atoms with Crippen molar-refractivity contribution in [2.45, 2.75) is 28.5 Å². The van der Waals surface area contributed by atoms with Crippen LogP contribution in [0.4, 0.5) is 10.2 Å². The molecular formula is C18H19FN6O3Se. The quantitative estimate of drug-likeness (QED) is 0.393. The molecule has 0 radical (unpaired) electrons. The van der Waals surface area contributed by atoms with Gasteiger partial charge in [-0.1, -0.05) is 0 Å². The van der Waals surface area contributed by atoms with E-state index in [2.05, 4.69) is 25.6 Å². The summed E-state index contributed by atoms with van der Waals surface area (Å²) in [4.78, 5) is 23.7. The Hall–Kier alpha value is -2.59. The molecule has 3 heterocycles. The number of halogens is 1. The van der Waals surface area contributed by atoms with Crippen LogP contribution in [0.5, 0.6) is 0 Å². The van der Waals surface area contributed by atoms with Crippen LogP contribution in [-0.4, -0.2) is 69.9 Å². The Labute approximate surface area is 171 Å². The van der Waals surface area contributed by atoms with E-state index in [1.807, 2.05) is 0 Å². The maximum absolute atomic E-state index is 13.4. The van der Waals surface area contributed by atoms with Crippen molar-refractivity contribution >= 4 is 37.8 Å². The standard InChI is InChI=1S/C18H19FN6O3Se/c1-20-17(28)14-12(26)13(27)18(29-14)25-8-24-11-15(22-7-23-16(11)25)21-6-9-3-2-4-10(19)5-9/h2-5,7-8,12-14,18,26-27H,6H2,1H3,(H,20,28)(H,21,22,23)/t12-,13+,14+,18+/m0/s1. The second-order valence-corrected chi connectivity index (χ2v) is 9.22. The second-order valence-electron chi connectivity index (χ2n) is 6.57. The summed E-state index contributed by atoms with van der Waals surface area (Å²) in [7, 11) is 1.50. The number of aromatic nitrogens is 4. The number of benzene rings is 1. The van der Waals surface area contributed by atoms with Crippen molar-refractivity contribution in [3.05, 3.63) is 48.3 Å². The topological polar surface area (TPSA) is 125 Å². The summed E-state index contributed by atoms with van der Waals surface area (Å²) in [6.45, 7) is 0.351. The van der Waals surface area contributed by atoms with Gasteiger partial charge in [0.05, 0.1) is 0 Å². The van der Waals surface area contributed by atoms with E-state index in [-0.39, 0.29) is 11.7 Å². The Morgan fingerprint density at radius 2 is 2.10 bits per heavy atom. The van der Waals surface area contributed by atoms with Gasteiger partial charge in [0.2, 0.25) is 0 Å². The number of anilines is 1. The van der Waals surface area contributed by atoms with Gasteiger partial charge in [-0.25, -0.2) is 0 Å². The fourth-order valence-electron chi connectivity index (χ4n) is 3.25. The van der Waals surface area contributed by atoms with Gasteiger partial charge < -0.3 is 0 Å². The molecule has 0 bridgehead atoms. The predicted octanol–water partition coefficient (Wildman–Crippen LogP) is 0.0502. The van der Waals surface area contributed by atoms with Crippen molar-refractivity contribution in [2.24, 2.45) is 0 Å². The van der Waals surface area contributed by atoms with Gasteiger partial charge in [0.25, 0.3) is 0 Å². The molecule has 9 nitrogen and oxygen atoms in total. The van der Waals surface area contributed by atoms with Gasteiger partial charge in [-0.3, -0.25) is 0 Å². The molecule has 0 saturated carbocycles. The molecule has 29 heavy (non-hydrogen) atoms. The molecule has 3 aromatic rings. The normalized spacial score (nSPS) is 24.0. The van der Waals surface area contributed by atoms with Gasteiger partial charge in [0.1, 0.15) is 0 Å². The average Bonchev–Trinajstić information content (AvgIpc) is 3.28. The minimum absolute atomic E-state index is 0.296. The molecule has 11 heteroatoms. The number of rotatable bonds is 5. The Balaban J connectivity index is 1.60. The van der Waals surface area contributed by atoms with Crippen LogP contribution in [0, 0.1) is 5.82 Å². The van der Waals surface area contributed by atoms with Gasteiger partial charge >= 0.3 is 171 Å². The summed E-state index contributed by atoms with van der Waals surface area (Å²) >= 11 is -0.410. The van der Waals surface area contributed by atoms with Crippen molar-refractivity contribution < 1.29 is 19.4 Å². The molecule has 0 unspecified atom stereocenters. The van der Waals surface area contributed by atoms with E-state index in [4.69, 9.17) is 0 Å². The first-order valence-corrected chi connectivity index (χ1v) is 10.9. The van der Waals surface area contributed by atoms with E-state index in [0.29, 0.717) is 23.5 Å². The third kappa shape index (κ3) is 3.69. The maximum atomic E-state index is 13.4.